The van der Waals surface area contributed by atoms with Gasteiger partial charge in [-0.3, -0.25) is 14.5 Å². The second kappa shape index (κ2) is 9.73. The normalized spacial score (nSPS) is 21.2. The topological polar surface area (TPSA) is 79.3 Å². The molecular formula is C24H25ClN2O5. The van der Waals surface area contributed by atoms with E-state index >= 15 is 0 Å². The molecule has 4 rings (SSSR count). The summed E-state index contributed by atoms with van der Waals surface area (Å²) in [6.45, 7) is 3.78. The van der Waals surface area contributed by atoms with Crippen molar-refractivity contribution in [3.63, 3.8) is 0 Å². The molecule has 0 radical (unpaired) electrons. The number of morpholine rings is 1. The minimum atomic E-state index is -0.735. The predicted molar refractivity (Wildman–Crippen MR) is 121 cm³/mol. The molecule has 2 aromatic rings. The van der Waals surface area contributed by atoms with Gasteiger partial charge in [-0.05, 0) is 29.8 Å². The lowest BCUT2D eigenvalue weighted by molar-refractivity contribution is -0.140. The molecule has 1 N–H and O–H groups in total. The van der Waals surface area contributed by atoms with E-state index in [-0.39, 0.29) is 11.3 Å². The zero-order chi connectivity index (χ0) is 22.7. The van der Waals surface area contributed by atoms with Gasteiger partial charge in [0, 0.05) is 36.8 Å². The van der Waals surface area contributed by atoms with E-state index in [0.29, 0.717) is 48.2 Å². The zero-order valence-electron chi connectivity index (χ0n) is 17.8. The van der Waals surface area contributed by atoms with E-state index in [1.54, 1.807) is 42.5 Å². The molecule has 0 aliphatic carbocycles. The van der Waals surface area contributed by atoms with Crippen molar-refractivity contribution in [2.45, 2.75) is 6.04 Å². The number of carbonyl (C=O) groups excluding carboxylic acids is 2. The molecule has 0 bridgehead atoms. The van der Waals surface area contributed by atoms with E-state index in [0.717, 1.165) is 13.1 Å². The standard InChI is InChI=1S/C24H25ClN2O5/c1-31-19-7-3-5-17(15-19)22(28)20-21(16-4-2-6-18(25)14-16)27(24(30)23(20)29)9-8-26-10-12-32-13-11-26/h2-7,14-15,21,28H,8-13H2,1H3/b22-20+. The highest BCUT2D eigenvalue weighted by Crippen LogP contribution is 2.40. The van der Waals surface area contributed by atoms with Gasteiger partial charge in [-0.2, -0.15) is 0 Å². The lowest BCUT2D eigenvalue weighted by atomic mass is 9.95. The van der Waals surface area contributed by atoms with Crippen LogP contribution in [-0.2, 0) is 14.3 Å². The quantitative estimate of drug-likeness (QED) is 0.409. The fraction of sp³-hybridized carbons (Fsp3) is 0.333. The van der Waals surface area contributed by atoms with Crippen molar-refractivity contribution >= 4 is 29.1 Å². The zero-order valence-corrected chi connectivity index (χ0v) is 18.5. The summed E-state index contributed by atoms with van der Waals surface area (Å²) in [6, 6.07) is 13.1. The van der Waals surface area contributed by atoms with Gasteiger partial charge in [-0.15, -0.1) is 0 Å². The predicted octanol–water partition coefficient (Wildman–Crippen LogP) is 3.10. The summed E-state index contributed by atoms with van der Waals surface area (Å²) in [7, 11) is 1.52. The number of nitrogens with zero attached hydrogens (tertiary/aromatic N) is 2. The van der Waals surface area contributed by atoms with Gasteiger partial charge in [0.2, 0.25) is 0 Å². The number of Topliss-reactive ketones (excluding diaryl/α,β-unsaturated/α-hetero) is 1. The van der Waals surface area contributed by atoms with Crippen LogP contribution in [0.1, 0.15) is 17.2 Å². The van der Waals surface area contributed by atoms with Crippen LogP contribution >= 0.6 is 11.6 Å². The van der Waals surface area contributed by atoms with Crippen LogP contribution in [0.3, 0.4) is 0 Å². The molecule has 0 aromatic heterocycles. The number of aliphatic hydroxyl groups is 1. The SMILES string of the molecule is COc1cccc(/C(O)=C2\C(=O)C(=O)N(CCN3CCOCC3)C2c2cccc(Cl)c2)c1. The van der Waals surface area contributed by atoms with E-state index in [1.807, 2.05) is 6.07 Å². The molecule has 168 valence electrons. The molecule has 0 saturated carbocycles. The molecule has 8 heteroatoms. The monoisotopic (exact) mass is 456 g/mol. The maximum absolute atomic E-state index is 13.1. The maximum Gasteiger partial charge on any atom is 0.295 e. The number of amides is 1. The Balaban J connectivity index is 1.75. The van der Waals surface area contributed by atoms with Gasteiger partial charge in [0.25, 0.3) is 11.7 Å². The van der Waals surface area contributed by atoms with Crippen molar-refractivity contribution in [1.82, 2.24) is 9.80 Å². The first-order valence-corrected chi connectivity index (χ1v) is 10.9. The van der Waals surface area contributed by atoms with Crippen LogP contribution < -0.4 is 4.74 Å². The van der Waals surface area contributed by atoms with Gasteiger partial charge in [-0.25, -0.2) is 0 Å². The van der Waals surface area contributed by atoms with E-state index in [2.05, 4.69) is 4.90 Å². The van der Waals surface area contributed by atoms with Crippen LogP contribution in [-0.4, -0.2) is 73.1 Å². The summed E-state index contributed by atoms with van der Waals surface area (Å²) in [4.78, 5) is 29.9. The number of hydrogen-bond acceptors (Lipinski definition) is 6. The highest BCUT2D eigenvalue weighted by Gasteiger charge is 2.46. The number of rotatable bonds is 6. The Morgan fingerprint density at radius 3 is 2.59 bits per heavy atom. The number of methoxy groups -OCH3 is 1. The lowest BCUT2D eigenvalue weighted by Gasteiger charge is -2.31. The number of ketones is 1. The highest BCUT2D eigenvalue weighted by atomic mass is 35.5. The summed E-state index contributed by atoms with van der Waals surface area (Å²) < 4.78 is 10.6. The van der Waals surface area contributed by atoms with Crippen LogP contribution in [0.2, 0.25) is 5.02 Å². The van der Waals surface area contributed by atoms with Crippen LogP contribution in [0, 0.1) is 0 Å². The van der Waals surface area contributed by atoms with Crippen molar-refractivity contribution in [1.29, 1.82) is 0 Å². The largest absolute Gasteiger partial charge is 0.507 e. The first-order chi connectivity index (χ1) is 15.5. The Morgan fingerprint density at radius 2 is 1.88 bits per heavy atom. The second-order valence-electron chi connectivity index (χ2n) is 7.73. The maximum atomic E-state index is 13.1. The molecule has 0 spiro atoms. The Bertz CT molecular complexity index is 1050. The van der Waals surface area contributed by atoms with Crippen LogP contribution in [0.4, 0.5) is 0 Å². The molecule has 2 fully saturated rings. The molecule has 1 unspecified atom stereocenters. The van der Waals surface area contributed by atoms with E-state index in [1.165, 1.54) is 12.0 Å². The van der Waals surface area contributed by atoms with E-state index in [9.17, 15) is 14.7 Å². The van der Waals surface area contributed by atoms with Crippen LogP contribution in [0.15, 0.2) is 54.1 Å². The van der Waals surface area contributed by atoms with Gasteiger partial charge < -0.3 is 19.5 Å². The molecule has 2 aliphatic rings. The van der Waals surface area contributed by atoms with Crippen molar-refractivity contribution in [2.24, 2.45) is 0 Å². The summed E-state index contributed by atoms with van der Waals surface area (Å²) in [6.07, 6.45) is 0. The van der Waals surface area contributed by atoms with Crippen molar-refractivity contribution in [2.75, 3.05) is 46.5 Å². The highest BCUT2D eigenvalue weighted by molar-refractivity contribution is 6.46. The third kappa shape index (κ3) is 4.50. The van der Waals surface area contributed by atoms with Gasteiger partial charge >= 0.3 is 0 Å². The first-order valence-electron chi connectivity index (χ1n) is 10.5. The van der Waals surface area contributed by atoms with Gasteiger partial charge in [-0.1, -0.05) is 35.9 Å². The fourth-order valence-electron chi connectivity index (χ4n) is 4.13. The minimum absolute atomic E-state index is 0.0486. The molecule has 2 aromatic carbocycles. The summed E-state index contributed by atoms with van der Waals surface area (Å²) in [5.41, 5.74) is 1.12. The number of carbonyl (C=O) groups is 2. The average Bonchev–Trinajstić information content (AvgIpc) is 3.08. The molecule has 2 saturated heterocycles. The molecule has 32 heavy (non-hydrogen) atoms. The molecule has 1 atom stereocenters. The van der Waals surface area contributed by atoms with E-state index in [4.69, 9.17) is 21.1 Å². The van der Waals surface area contributed by atoms with Gasteiger partial charge in [0.05, 0.1) is 31.9 Å². The average molecular weight is 457 g/mol. The minimum Gasteiger partial charge on any atom is -0.507 e. The number of likely N-dealkylation sites (tertiary alicyclic amines) is 1. The number of hydrogen-bond donors (Lipinski definition) is 1. The molecule has 7 nitrogen and oxygen atoms in total. The van der Waals surface area contributed by atoms with Crippen molar-refractivity contribution in [3.8, 4) is 5.75 Å². The summed E-state index contributed by atoms with van der Waals surface area (Å²) in [5, 5.41) is 11.6. The third-order valence-corrected chi connectivity index (χ3v) is 6.04. The second-order valence-corrected chi connectivity index (χ2v) is 8.17. The third-order valence-electron chi connectivity index (χ3n) is 5.81. The number of halogens is 1. The first kappa shape index (κ1) is 22.3. The Kier molecular flexibility index (Phi) is 6.79. The van der Waals surface area contributed by atoms with Gasteiger partial charge in [0.1, 0.15) is 11.5 Å². The fourth-order valence-corrected chi connectivity index (χ4v) is 4.33. The van der Waals surface area contributed by atoms with Gasteiger partial charge in [0.15, 0.2) is 0 Å². The molecule has 1 amide bonds. The Hall–Kier alpha value is -2.87. The Morgan fingerprint density at radius 1 is 1.12 bits per heavy atom. The van der Waals surface area contributed by atoms with Crippen molar-refractivity contribution < 1.29 is 24.2 Å². The van der Waals surface area contributed by atoms with Crippen molar-refractivity contribution in [3.05, 3.63) is 70.3 Å². The smallest absolute Gasteiger partial charge is 0.295 e. The van der Waals surface area contributed by atoms with E-state index < -0.39 is 17.7 Å². The summed E-state index contributed by atoms with van der Waals surface area (Å²) >= 11 is 6.22. The molecule has 2 aliphatic heterocycles. The molecule has 2 heterocycles. The summed E-state index contributed by atoms with van der Waals surface area (Å²) in [5.74, 6) is -1.04. The number of benzene rings is 2. The van der Waals surface area contributed by atoms with Crippen LogP contribution in [0.5, 0.6) is 5.75 Å². The van der Waals surface area contributed by atoms with Crippen LogP contribution in [0.25, 0.3) is 5.76 Å². The Labute approximate surface area is 191 Å². The number of ether oxygens (including phenoxy) is 2. The lowest BCUT2D eigenvalue weighted by Crippen LogP contribution is -2.42. The molecular weight excluding hydrogens is 432 g/mol. The number of aliphatic hydroxyl groups excluding tert-OH is 1.